The molecular formula is C21H24N6O. The third-order valence-corrected chi connectivity index (χ3v) is 4.96. The normalized spacial score (nSPS) is 13.3. The number of nitrogens with zero attached hydrogens (tertiary/aromatic N) is 4. The first-order valence-electron chi connectivity index (χ1n) is 9.64. The van der Waals surface area contributed by atoms with Gasteiger partial charge in [-0.15, -0.1) is 5.10 Å². The van der Waals surface area contributed by atoms with Gasteiger partial charge in [-0.05, 0) is 72.0 Å². The largest absolute Gasteiger partial charge is 0.376 e. The number of aryl methyl sites for hydroxylation is 1. The lowest BCUT2D eigenvalue weighted by atomic mass is 10.1. The summed E-state index contributed by atoms with van der Waals surface area (Å²) in [5.41, 5.74) is 4.39. The molecule has 1 saturated carbocycles. The van der Waals surface area contributed by atoms with Gasteiger partial charge in [-0.25, -0.2) is 4.68 Å². The Morgan fingerprint density at radius 1 is 1.14 bits per heavy atom. The summed E-state index contributed by atoms with van der Waals surface area (Å²) in [6.45, 7) is 2.96. The van der Waals surface area contributed by atoms with Crippen LogP contribution >= 0.6 is 0 Å². The molecule has 0 radical (unpaired) electrons. The van der Waals surface area contributed by atoms with Crippen molar-refractivity contribution in [2.75, 3.05) is 18.4 Å². The van der Waals surface area contributed by atoms with E-state index in [9.17, 15) is 4.79 Å². The zero-order valence-electron chi connectivity index (χ0n) is 15.9. The first-order valence-corrected chi connectivity index (χ1v) is 9.64. The standard InChI is InChI=1S/C21H24N6O/c1-15-4-2-3-5-16(15)12-13-22-20(28)14-23-18-8-6-17(7-9-18)21-24-25-26-27(21)19-10-11-19/h2-9,19,23H,10-14H2,1H3,(H,22,28). The van der Waals surface area contributed by atoms with E-state index in [-0.39, 0.29) is 12.5 Å². The fraction of sp³-hybridized carbons (Fsp3) is 0.333. The Morgan fingerprint density at radius 2 is 1.93 bits per heavy atom. The molecule has 7 heteroatoms. The van der Waals surface area contributed by atoms with Crippen molar-refractivity contribution in [3.8, 4) is 11.4 Å². The molecule has 7 nitrogen and oxygen atoms in total. The van der Waals surface area contributed by atoms with E-state index in [4.69, 9.17) is 0 Å². The highest BCUT2D eigenvalue weighted by atomic mass is 16.1. The highest BCUT2D eigenvalue weighted by Gasteiger charge is 2.28. The topological polar surface area (TPSA) is 84.7 Å². The van der Waals surface area contributed by atoms with Crippen molar-refractivity contribution in [2.45, 2.75) is 32.2 Å². The lowest BCUT2D eigenvalue weighted by Crippen LogP contribution is -2.31. The smallest absolute Gasteiger partial charge is 0.239 e. The first-order chi connectivity index (χ1) is 13.7. The fourth-order valence-corrected chi connectivity index (χ4v) is 3.16. The number of nitrogens with one attached hydrogen (secondary N) is 2. The number of carbonyl (C=O) groups excluding carboxylic acids is 1. The molecule has 1 heterocycles. The number of hydrogen-bond acceptors (Lipinski definition) is 5. The molecule has 2 N–H and O–H groups in total. The van der Waals surface area contributed by atoms with E-state index in [0.717, 1.165) is 36.3 Å². The minimum atomic E-state index is -0.0182. The summed E-state index contributed by atoms with van der Waals surface area (Å²) < 4.78 is 1.89. The Kier molecular flexibility index (Phi) is 5.32. The second-order valence-electron chi connectivity index (χ2n) is 7.14. The molecule has 1 aliphatic rings. The van der Waals surface area contributed by atoms with Gasteiger partial charge >= 0.3 is 0 Å². The van der Waals surface area contributed by atoms with Gasteiger partial charge in [0.2, 0.25) is 5.91 Å². The molecule has 1 aromatic heterocycles. The average molecular weight is 376 g/mol. The van der Waals surface area contributed by atoms with Gasteiger partial charge in [0.1, 0.15) is 0 Å². The summed E-state index contributed by atoms with van der Waals surface area (Å²) in [6, 6.07) is 16.5. The monoisotopic (exact) mass is 376 g/mol. The Hall–Kier alpha value is -3.22. The second kappa shape index (κ2) is 8.21. The zero-order chi connectivity index (χ0) is 19.3. The molecule has 0 bridgehead atoms. The van der Waals surface area contributed by atoms with Crippen LogP contribution in [0.25, 0.3) is 11.4 Å². The molecule has 3 aromatic rings. The minimum absolute atomic E-state index is 0.0182. The molecular weight excluding hydrogens is 352 g/mol. The number of anilines is 1. The van der Waals surface area contributed by atoms with Gasteiger partial charge < -0.3 is 10.6 Å². The number of aromatic nitrogens is 4. The number of hydrogen-bond donors (Lipinski definition) is 2. The van der Waals surface area contributed by atoms with Crippen LogP contribution < -0.4 is 10.6 Å². The molecule has 4 rings (SSSR count). The van der Waals surface area contributed by atoms with Crippen molar-refractivity contribution in [3.05, 3.63) is 59.7 Å². The predicted molar refractivity (Wildman–Crippen MR) is 108 cm³/mol. The summed E-state index contributed by atoms with van der Waals surface area (Å²) in [4.78, 5) is 12.1. The van der Waals surface area contributed by atoms with Crippen LogP contribution in [0.15, 0.2) is 48.5 Å². The van der Waals surface area contributed by atoms with Gasteiger partial charge in [0.15, 0.2) is 5.82 Å². The quantitative estimate of drug-likeness (QED) is 0.631. The highest BCUT2D eigenvalue weighted by Crippen LogP contribution is 2.36. The van der Waals surface area contributed by atoms with Crippen molar-refractivity contribution in [1.29, 1.82) is 0 Å². The number of carbonyl (C=O) groups is 1. The maximum absolute atomic E-state index is 12.1. The lowest BCUT2D eigenvalue weighted by Gasteiger charge is -2.09. The third-order valence-electron chi connectivity index (χ3n) is 4.96. The molecule has 1 aliphatic carbocycles. The second-order valence-corrected chi connectivity index (χ2v) is 7.14. The number of tetrazole rings is 1. The van der Waals surface area contributed by atoms with Crippen LogP contribution in [0, 0.1) is 6.92 Å². The van der Waals surface area contributed by atoms with Crippen LogP contribution in [0.1, 0.15) is 30.0 Å². The van der Waals surface area contributed by atoms with E-state index in [0.29, 0.717) is 12.6 Å². The molecule has 1 fully saturated rings. The maximum Gasteiger partial charge on any atom is 0.239 e. The van der Waals surface area contributed by atoms with Gasteiger partial charge in [-0.2, -0.15) is 0 Å². The van der Waals surface area contributed by atoms with E-state index in [1.165, 1.54) is 11.1 Å². The van der Waals surface area contributed by atoms with E-state index >= 15 is 0 Å². The summed E-state index contributed by atoms with van der Waals surface area (Å²) in [5.74, 6) is 0.776. The first kappa shape index (κ1) is 18.2. The van der Waals surface area contributed by atoms with Crippen LogP contribution in [0.2, 0.25) is 0 Å². The molecule has 2 aromatic carbocycles. The molecule has 0 aliphatic heterocycles. The SMILES string of the molecule is Cc1ccccc1CCNC(=O)CNc1ccc(-c2nnnn2C2CC2)cc1. The molecule has 144 valence electrons. The van der Waals surface area contributed by atoms with Crippen LogP contribution in [0.3, 0.4) is 0 Å². The summed E-state index contributed by atoms with van der Waals surface area (Å²) in [7, 11) is 0. The van der Waals surface area contributed by atoms with Gasteiger partial charge in [-0.1, -0.05) is 24.3 Å². The van der Waals surface area contributed by atoms with Crippen molar-refractivity contribution >= 4 is 11.6 Å². The lowest BCUT2D eigenvalue weighted by molar-refractivity contribution is -0.119. The Bertz CT molecular complexity index is 946. The molecule has 0 unspecified atom stereocenters. The molecule has 0 spiro atoms. The van der Waals surface area contributed by atoms with Crippen LogP contribution in [0.5, 0.6) is 0 Å². The maximum atomic E-state index is 12.1. The van der Waals surface area contributed by atoms with Crippen LogP contribution in [-0.2, 0) is 11.2 Å². The number of benzene rings is 2. The zero-order valence-corrected chi connectivity index (χ0v) is 15.9. The minimum Gasteiger partial charge on any atom is -0.376 e. The fourth-order valence-electron chi connectivity index (χ4n) is 3.16. The molecule has 28 heavy (non-hydrogen) atoms. The van der Waals surface area contributed by atoms with Gasteiger partial charge in [-0.3, -0.25) is 4.79 Å². The predicted octanol–water partition coefficient (Wildman–Crippen LogP) is 2.75. The third kappa shape index (κ3) is 4.36. The summed E-state index contributed by atoms with van der Waals surface area (Å²) >= 11 is 0. The van der Waals surface area contributed by atoms with E-state index < -0.39 is 0 Å². The Balaban J connectivity index is 1.25. The van der Waals surface area contributed by atoms with Crippen molar-refractivity contribution in [1.82, 2.24) is 25.5 Å². The highest BCUT2D eigenvalue weighted by molar-refractivity contribution is 5.80. The van der Waals surface area contributed by atoms with Crippen molar-refractivity contribution in [2.24, 2.45) is 0 Å². The summed E-state index contributed by atoms with van der Waals surface area (Å²) in [6.07, 6.45) is 3.11. The molecule has 0 saturated heterocycles. The van der Waals surface area contributed by atoms with Crippen molar-refractivity contribution < 1.29 is 4.79 Å². The van der Waals surface area contributed by atoms with E-state index in [2.05, 4.69) is 45.2 Å². The van der Waals surface area contributed by atoms with Crippen LogP contribution in [-0.4, -0.2) is 39.2 Å². The van der Waals surface area contributed by atoms with E-state index in [1.54, 1.807) is 0 Å². The molecule has 1 amide bonds. The van der Waals surface area contributed by atoms with Gasteiger partial charge in [0.05, 0.1) is 12.6 Å². The van der Waals surface area contributed by atoms with E-state index in [1.807, 2.05) is 41.1 Å². The Labute approximate surface area is 164 Å². The molecule has 0 atom stereocenters. The summed E-state index contributed by atoms with van der Waals surface area (Å²) in [5, 5.41) is 18.1. The number of rotatable bonds is 8. The average Bonchev–Trinajstić information content (AvgIpc) is 3.45. The van der Waals surface area contributed by atoms with Crippen LogP contribution in [0.4, 0.5) is 5.69 Å². The number of amides is 1. The van der Waals surface area contributed by atoms with Gasteiger partial charge in [0.25, 0.3) is 0 Å². The Morgan fingerprint density at radius 3 is 2.68 bits per heavy atom. The van der Waals surface area contributed by atoms with Crippen molar-refractivity contribution in [3.63, 3.8) is 0 Å². The van der Waals surface area contributed by atoms with Gasteiger partial charge in [0, 0.05) is 17.8 Å².